The number of aromatic nitrogens is 2. The standard InChI is InChI=1S/C14H16ClN3O/c1-9-4-5-12(11(15)6-9)19-8-14-17-10(2)7-13(16-3)18-14/h4-7H,8H2,1-3H3,(H,16,17,18). The highest BCUT2D eigenvalue weighted by Crippen LogP contribution is 2.25. The highest BCUT2D eigenvalue weighted by Gasteiger charge is 2.05. The van der Waals surface area contributed by atoms with Gasteiger partial charge in [0.25, 0.3) is 0 Å². The zero-order valence-electron chi connectivity index (χ0n) is 11.2. The SMILES string of the molecule is CNc1cc(C)nc(COc2ccc(C)cc2Cl)n1. The Morgan fingerprint density at radius 1 is 1.21 bits per heavy atom. The lowest BCUT2D eigenvalue weighted by Gasteiger charge is -2.09. The summed E-state index contributed by atoms with van der Waals surface area (Å²) in [6.45, 7) is 4.20. The molecule has 0 spiro atoms. The number of hydrogen-bond donors (Lipinski definition) is 1. The molecule has 4 nitrogen and oxygen atoms in total. The van der Waals surface area contributed by atoms with E-state index in [1.165, 1.54) is 0 Å². The Bertz CT molecular complexity index is 587. The lowest BCUT2D eigenvalue weighted by molar-refractivity contribution is 0.296. The minimum Gasteiger partial charge on any atom is -0.484 e. The Morgan fingerprint density at radius 2 is 2.00 bits per heavy atom. The first kappa shape index (κ1) is 13.6. The summed E-state index contributed by atoms with van der Waals surface area (Å²) in [7, 11) is 1.82. The molecule has 0 aliphatic carbocycles. The summed E-state index contributed by atoms with van der Waals surface area (Å²) in [5.41, 5.74) is 1.99. The lowest BCUT2D eigenvalue weighted by Crippen LogP contribution is -2.05. The number of rotatable bonds is 4. The number of ether oxygens (including phenoxy) is 1. The minimum absolute atomic E-state index is 0.291. The smallest absolute Gasteiger partial charge is 0.168 e. The summed E-state index contributed by atoms with van der Waals surface area (Å²) in [4.78, 5) is 8.65. The molecule has 0 radical (unpaired) electrons. The molecule has 0 saturated heterocycles. The normalized spacial score (nSPS) is 10.3. The van der Waals surface area contributed by atoms with Crippen LogP contribution in [0.15, 0.2) is 24.3 Å². The second-order valence-corrected chi connectivity index (χ2v) is 4.69. The van der Waals surface area contributed by atoms with Gasteiger partial charge in [-0.05, 0) is 31.5 Å². The summed E-state index contributed by atoms with van der Waals surface area (Å²) in [5, 5.41) is 3.59. The van der Waals surface area contributed by atoms with Crippen LogP contribution in [-0.4, -0.2) is 17.0 Å². The van der Waals surface area contributed by atoms with Crippen LogP contribution >= 0.6 is 11.6 Å². The van der Waals surface area contributed by atoms with E-state index in [0.29, 0.717) is 23.2 Å². The van der Waals surface area contributed by atoms with Gasteiger partial charge in [-0.25, -0.2) is 9.97 Å². The van der Waals surface area contributed by atoms with Crippen LogP contribution in [0.25, 0.3) is 0 Å². The maximum absolute atomic E-state index is 6.11. The van der Waals surface area contributed by atoms with E-state index in [4.69, 9.17) is 16.3 Å². The molecule has 0 saturated carbocycles. The third kappa shape index (κ3) is 3.58. The van der Waals surface area contributed by atoms with E-state index in [1.807, 2.05) is 45.2 Å². The first-order chi connectivity index (χ1) is 9.08. The molecule has 2 rings (SSSR count). The van der Waals surface area contributed by atoms with Gasteiger partial charge >= 0.3 is 0 Å². The Hall–Kier alpha value is -1.81. The Morgan fingerprint density at radius 3 is 2.68 bits per heavy atom. The second kappa shape index (κ2) is 5.89. The van der Waals surface area contributed by atoms with E-state index in [0.717, 1.165) is 17.1 Å². The van der Waals surface area contributed by atoms with Crippen molar-refractivity contribution in [1.82, 2.24) is 9.97 Å². The van der Waals surface area contributed by atoms with Crippen molar-refractivity contribution in [3.63, 3.8) is 0 Å². The van der Waals surface area contributed by atoms with Crippen molar-refractivity contribution in [2.45, 2.75) is 20.5 Å². The van der Waals surface area contributed by atoms with Crippen molar-refractivity contribution >= 4 is 17.4 Å². The van der Waals surface area contributed by atoms with Crippen LogP contribution in [-0.2, 0) is 6.61 Å². The van der Waals surface area contributed by atoms with E-state index in [2.05, 4.69) is 15.3 Å². The van der Waals surface area contributed by atoms with Crippen LogP contribution in [0.5, 0.6) is 5.75 Å². The largest absolute Gasteiger partial charge is 0.484 e. The third-order valence-electron chi connectivity index (χ3n) is 2.60. The van der Waals surface area contributed by atoms with E-state index < -0.39 is 0 Å². The number of hydrogen-bond acceptors (Lipinski definition) is 4. The molecule has 2 aromatic rings. The first-order valence-electron chi connectivity index (χ1n) is 6.00. The molecule has 0 unspecified atom stereocenters. The van der Waals surface area contributed by atoms with Crippen molar-refractivity contribution in [3.05, 3.63) is 46.4 Å². The molecule has 100 valence electrons. The maximum atomic E-state index is 6.11. The molecule has 0 aliphatic heterocycles. The number of nitrogens with one attached hydrogen (secondary N) is 1. The van der Waals surface area contributed by atoms with Gasteiger partial charge in [-0.2, -0.15) is 0 Å². The van der Waals surface area contributed by atoms with Crippen molar-refractivity contribution in [1.29, 1.82) is 0 Å². The van der Waals surface area contributed by atoms with Gasteiger partial charge in [0.05, 0.1) is 5.02 Å². The van der Waals surface area contributed by atoms with Crippen molar-refractivity contribution in [2.75, 3.05) is 12.4 Å². The predicted molar refractivity (Wildman–Crippen MR) is 76.8 cm³/mol. The quantitative estimate of drug-likeness (QED) is 0.931. The average molecular weight is 278 g/mol. The summed E-state index contributed by atoms with van der Waals surface area (Å²) >= 11 is 6.11. The topological polar surface area (TPSA) is 47.0 Å². The molecule has 19 heavy (non-hydrogen) atoms. The van der Waals surface area contributed by atoms with Crippen molar-refractivity contribution in [2.24, 2.45) is 0 Å². The molecule has 0 fully saturated rings. The van der Waals surface area contributed by atoms with Crippen LogP contribution in [0.4, 0.5) is 5.82 Å². The molecule has 5 heteroatoms. The molecule has 1 N–H and O–H groups in total. The van der Waals surface area contributed by atoms with E-state index in [1.54, 1.807) is 0 Å². The average Bonchev–Trinajstić information content (AvgIpc) is 2.37. The Balaban J connectivity index is 2.12. The molecule has 0 amide bonds. The Labute approximate surface area is 117 Å². The van der Waals surface area contributed by atoms with E-state index in [-0.39, 0.29) is 0 Å². The highest BCUT2D eigenvalue weighted by atomic mass is 35.5. The van der Waals surface area contributed by atoms with Crippen LogP contribution < -0.4 is 10.1 Å². The van der Waals surface area contributed by atoms with Crippen LogP contribution in [0.2, 0.25) is 5.02 Å². The van der Waals surface area contributed by atoms with Gasteiger partial charge in [0.15, 0.2) is 5.82 Å². The van der Waals surface area contributed by atoms with Gasteiger partial charge in [-0.1, -0.05) is 17.7 Å². The number of aryl methyl sites for hydroxylation is 2. The Kier molecular flexibility index (Phi) is 4.22. The fraction of sp³-hybridized carbons (Fsp3) is 0.286. The van der Waals surface area contributed by atoms with Gasteiger partial charge in [-0.3, -0.25) is 0 Å². The summed E-state index contributed by atoms with van der Waals surface area (Å²) in [5.74, 6) is 2.05. The van der Waals surface area contributed by atoms with E-state index >= 15 is 0 Å². The second-order valence-electron chi connectivity index (χ2n) is 4.28. The zero-order chi connectivity index (χ0) is 13.8. The zero-order valence-corrected chi connectivity index (χ0v) is 12.0. The molecule has 0 bridgehead atoms. The molecule has 0 atom stereocenters. The minimum atomic E-state index is 0.291. The van der Waals surface area contributed by atoms with Crippen LogP contribution in [0.3, 0.4) is 0 Å². The fourth-order valence-electron chi connectivity index (χ4n) is 1.69. The van der Waals surface area contributed by atoms with E-state index in [9.17, 15) is 0 Å². The number of benzene rings is 1. The van der Waals surface area contributed by atoms with Gasteiger partial charge in [0.1, 0.15) is 18.2 Å². The van der Waals surface area contributed by atoms with Crippen molar-refractivity contribution < 1.29 is 4.74 Å². The molecule has 1 aromatic carbocycles. The van der Waals surface area contributed by atoms with Gasteiger partial charge in [-0.15, -0.1) is 0 Å². The summed E-state index contributed by atoms with van der Waals surface area (Å²) in [6, 6.07) is 7.55. The van der Waals surface area contributed by atoms with Crippen LogP contribution in [0.1, 0.15) is 17.1 Å². The van der Waals surface area contributed by atoms with Gasteiger partial charge in [0.2, 0.25) is 0 Å². The van der Waals surface area contributed by atoms with Crippen LogP contribution in [0, 0.1) is 13.8 Å². The summed E-state index contributed by atoms with van der Waals surface area (Å²) in [6.07, 6.45) is 0. The van der Waals surface area contributed by atoms with Gasteiger partial charge in [0, 0.05) is 18.8 Å². The molecule has 0 aliphatic rings. The predicted octanol–water partition coefficient (Wildman–Crippen LogP) is 3.37. The fourth-order valence-corrected chi connectivity index (χ4v) is 1.98. The molecule has 1 aromatic heterocycles. The number of halogens is 1. The number of anilines is 1. The summed E-state index contributed by atoms with van der Waals surface area (Å²) < 4.78 is 5.65. The molecular weight excluding hydrogens is 262 g/mol. The molecular formula is C14H16ClN3O. The third-order valence-corrected chi connectivity index (χ3v) is 2.90. The molecule has 1 heterocycles. The lowest BCUT2D eigenvalue weighted by atomic mass is 10.2. The first-order valence-corrected chi connectivity index (χ1v) is 6.37. The van der Waals surface area contributed by atoms with Gasteiger partial charge < -0.3 is 10.1 Å². The monoisotopic (exact) mass is 277 g/mol. The highest BCUT2D eigenvalue weighted by molar-refractivity contribution is 6.32. The van der Waals surface area contributed by atoms with Crippen molar-refractivity contribution in [3.8, 4) is 5.75 Å². The number of nitrogens with zero attached hydrogens (tertiary/aromatic N) is 2. The maximum Gasteiger partial charge on any atom is 0.168 e.